The van der Waals surface area contributed by atoms with Crippen LogP contribution in [0.5, 0.6) is 0 Å². The van der Waals surface area contributed by atoms with E-state index in [0.717, 1.165) is 19.4 Å². The third kappa shape index (κ3) is 10.4. The molecule has 198 valence electrons. The van der Waals surface area contributed by atoms with E-state index in [-0.39, 0.29) is 18.7 Å². The normalized spacial score (nSPS) is 21.0. The van der Waals surface area contributed by atoms with Gasteiger partial charge in [-0.3, -0.25) is 4.79 Å². The Hall–Kier alpha value is -2.24. The van der Waals surface area contributed by atoms with Crippen LogP contribution < -0.4 is 11.1 Å². The van der Waals surface area contributed by atoms with Crippen molar-refractivity contribution in [2.45, 2.75) is 96.7 Å². The number of rotatable bonds is 3. The van der Waals surface area contributed by atoms with Crippen LogP contribution in [-0.2, 0) is 14.3 Å². The Morgan fingerprint density at radius 1 is 0.853 bits per heavy atom. The second-order valence-corrected chi connectivity index (χ2v) is 10.4. The molecule has 2 unspecified atom stereocenters. The fourth-order valence-electron chi connectivity index (χ4n) is 3.56. The average Bonchev–Trinajstić information content (AvgIpc) is 3.32. The zero-order valence-corrected chi connectivity index (χ0v) is 21.0. The zero-order chi connectivity index (χ0) is 26.3. The van der Waals surface area contributed by atoms with Crippen LogP contribution in [0.2, 0.25) is 0 Å². The Balaban J connectivity index is 0.000000362. The Morgan fingerprint density at radius 2 is 1.26 bits per heavy atom. The minimum atomic E-state index is -4.91. The summed E-state index contributed by atoms with van der Waals surface area (Å²) in [7, 11) is 0. The SMILES string of the molecule is CC(C)(C)OC(=O)N1CCCC1CN.CC(C)(C)OC(=O)N1CCCC1CNC(=O)C(F)(F)F. The summed E-state index contributed by atoms with van der Waals surface area (Å²) in [5, 5.41) is 1.80. The summed E-state index contributed by atoms with van der Waals surface area (Å²) >= 11 is 0. The van der Waals surface area contributed by atoms with E-state index in [9.17, 15) is 27.6 Å². The number of nitrogens with one attached hydrogen (secondary N) is 1. The molecule has 0 saturated carbocycles. The molecular weight excluding hydrogens is 457 g/mol. The van der Waals surface area contributed by atoms with Crippen LogP contribution in [0.25, 0.3) is 0 Å². The molecule has 34 heavy (non-hydrogen) atoms. The van der Waals surface area contributed by atoms with Gasteiger partial charge in [0, 0.05) is 32.2 Å². The summed E-state index contributed by atoms with van der Waals surface area (Å²) in [5.74, 6) is -1.99. The van der Waals surface area contributed by atoms with Gasteiger partial charge in [-0.05, 0) is 67.2 Å². The molecule has 2 atom stereocenters. The van der Waals surface area contributed by atoms with Crippen molar-refractivity contribution < 1.29 is 37.0 Å². The van der Waals surface area contributed by atoms with E-state index in [0.29, 0.717) is 25.9 Å². The molecular formula is C22H39F3N4O5. The number of amides is 3. The average molecular weight is 497 g/mol. The Kier molecular flexibility index (Phi) is 10.5. The first-order valence-electron chi connectivity index (χ1n) is 11.5. The number of ether oxygens (including phenoxy) is 2. The number of likely N-dealkylation sites (tertiary alicyclic amines) is 2. The first-order chi connectivity index (χ1) is 15.4. The lowest BCUT2D eigenvalue weighted by molar-refractivity contribution is -0.173. The maximum absolute atomic E-state index is 12.1. The van der Waals surface area contributed by atoms with E-state index in [1.54, 1.807) is 31.0 Å². The van der Waals surface area contributed by atoms with Crippen LogP contribution in [0.15, 0.2) is 0 Å². The number of nitrogens with zero attached hydrogens (tertiary/aromatic N) is 2. The maximum atomic E-state index is 12.1. The molecule has 2 heterocycles. The number of hydrogen-bond donors (Lipinski definition) is 2. The molecule has 3 amide bonds. The molecule has 3 N–H and O–H groups in total. The van der Waals surface area contributed by atoms with E-state index in [1.807, 2.05) is 20.8 Å². The minimum Gasteiger partial charge on any atom is -0.444 e. The van der Waals surface area contributed by atoms with Gasteiger partial charge in [-0.15, -0.1) is 0 Å². The highest BCUT2D eigenvalue weighted by molar-refractivity contribution is 5.81. The summed E-state index contributed by atoms with van der Waals surface area (Å²) in [4.78, 5) is 37.4. The van der Waals surface area contributed by atoms with Gasteiger partial charge in [0.15, 0.2) is 0 Å². The van der Waals surface area contributed by atoms with Gasteiger partial charge in [-0.2, -0.15) is 13.2 Å². The first-order valence-corrected chi connectivity index (χ1v) is 11.5. The summed E-state index contributed by atoms with van der Waals surface area (Å²) < 4.78 is 46.7. The second-order valence-electron chi connectivity index (χ2n) is 10.4. The molecule has 2 saturated heterocycles. The van der Waals surface area contributed by atoms with Crippen molar-refractivity contribution in [3.05, 3.63) is 0 Å². The summed E-state index contributed by atoms with van der Waals surface area (Å²) in [5.41, 5.74) is 4.49. The molecule has 2 fully saturated rings. The third-order valence-electron chi connectivity index (χ3n) is 5.04. The topological polar surface area (TPSA) is 114 Å². The first kappa shape index (κ1) is 29.8. The lowest BCUT2D eigenvalue weighted by Gasteiger charge is -2.28. The molecule has 2 aliphatic rings. The Bertz CT molecular complexity index is 704. The molecule has 12 heteroatoms. The zero-order valence-electron chi connectivity index (χ0n) is 21.0. The Labute approximate surface area is 199 Å². The number of hydrogen-bond acceptors (Lipinski definition) is 6. The molecule has 2 rings (SSSR count). The lowest BCUT2D eigenvalue weighted by Crippen LogP contribution is -2.47. The summed E-state index contributed by atoms with van der Waals surface area (Å²) in [6, 6.07) is -0.291. The lowest BCUT2D eigenvalue weighted by atomic mass is 10.2. The monoisotopic (exact) mass is 496 g/mol. The van der Waals surface area contributed by atoms with Crippen molar-refractivity contribution in [2.75, 3.05) is 26.2 Å². The molecule has 0 aromatic rings. The van der Waals surface area contributed by atoms with E-state index < -0.39 is 35.4 Å². The highest BCUT2D eigenvalue weighted by Gasteiger charge is 2.40. The number of carbonyl (C=O) groups excluding carboxylic acids is 3. The highest BCUT2D eigenvalue weighted by Crippen LogP contribution is 2.22. The van der Waals surface area contributed by atoms with Gasteiger partial charge in [0.1, 0.15) is 11.2 Å². The third-order valence-corrected chi connectivity index (χ3v) is 5.04. The van der Waals surface area contributed by atoms with E-state index in [2.05, 4.69) is 0 Å². The van der Waals surface area contributed by atoms with Crippen LogP contribution in [0, 0.1) is 0 Å². The maximum Gasteiger partial charge on any atom is 0.471 e. The molecule has 0 aromatic heterocycles. The van der Waals surface area contributed by atoms with E-state index >= 15 is 0 Å². The predicted molar refractivity (Wildman–Crippen MR) is 120 cm³/mol. The van der Waals surface area contributed by atoms with Gasteiger partial charge >= 0.3 is 24.3 Å². The predicted octanol–water partition coefficient (Wildman–Crippen LogP) is 3.41. The number of alkyl halides is 3. The largest absolute Gasteiger partial charge is 0.471 e. The van der Waals surface area contributed by atoms with Crippen LogP contribution in [0.3, 0.4) is 0 Å². The minimum absolute atomic E-state index is 0.171. The highest BCUT2D eigenvalue weighted by atomic mass is 19.4. The molecule has 2 aliphatic heterocycles. The van der Waals surface area contributed by atoms with Crippen LogP contribution >= 0.6 is 0 Å². The number of carbonyl (C=O) groups is 3. The van der Waals surface area contributed by atoms with Crippen molar-refractivity contribution >= 4 is 18.1 Å². The molecule has 9 nitrogen and oxygen atoms in total. The summed E-state index contributed by atoms with van der Waals surface area (Å²) in [6.07, 6.45) is -2.47. The van der Waals surface area contributed by atoms with Crippen molar-refractivity contribution in [3.63, 3.8) is 0 Å². The number of halogens is 3. The van der Waals surface area contributed by atoms with Crippen molar-refractivity contribution in [1.29, 1.82) is 0 Å². The summed E-state index contributed by atoms with van der Waals surface area (Å²) in [6.45, 7) is 12.2. The van der Waals surface area contributed by atoms with Gasteiger partial charge in [0.25, 0.3) is 0 Å². The van der Waals surface area contributed by atoms with E-state index in [4.69, 9.17) is 15.2 Å². The fraction of sp³-hybridized carbons (Fsp3) is 0.864. The Morgan fingerprint density at radius 3 is 1.65 bits per heavy atom. The fourth-order valence-corrected chi connectivity index (χ4v) is 3.56. The molecule has 0 radical (unpaired) electrons. The quantitative estimate of drug-likeness (QED) is 0.619. The van der Waals surface area contributed by atoms with Gasteiger partial charge in [0.05, 0.1) is 6.04 Å². The van der Waals surface area contributed by atoms with Crippen LogP contribution in [0.4, 0.5) is 22.8 Å². The van der Waals surface area contributed by atoms with Crippen LogP contribution in [0.1, 0.15) is 67.2 Å². The van der Waals surface area contributed by atoms with Gasteiger partial charge in [-0.1, -0.05) is 0 Å². The van der Waals surface area contributed by atoms with Crippen molar-refractivity contribution in [1.82, 2.24) is 15.1 Å². The van der Waals surface area contributed by atoms with Crippen molar-refractivity contribution in [2.24, 2.45) is 5.73 Å². The molecule has 0 aromatic carbocycles. The molecule has 0 spiro atoms. The molecule has 0 aliphatic carbocycles. The van der Waals surface area contributed by atoms with Gasteiger partial charge in [0.2, 0.25) is 0 Å². The van der Waals surface area contributed by atoms with Gasteiger partial charge in [-0.25, -0.2) is 9.59 Å². The smallest absolute Gasteiger partial charge is 0.444 e. The van der Waals surface area contributed by atoms with Gasteiger partial charge < -0.3 is 30.3 Å². The van der Waals surface area contributed by atoms with E-state index in [1.165, 1.54) is 4.90 Å². The number of nitrogens with two attached hydrogens (primary N) is 1. The second kappa shape index (κ2) is 11.9. The standard InChI is InChI=1S/C12H19F3N2O3.C10H20N2O2/c1-11(2,3)20-10(19)17-6-4-5-8(17)7-16-9(18)12(13,14)15;1-10(2,3)14-9(13)12-6-4-5-8(12)7-11/h8H,4-7H2,1-3H3,(H,16,18);8H,4-7,11H2,1-3H3. The molecule has 0 bridgehead atoms. The van der Waals surface area contributed by atoms with Crippen molar-refractivity contribution in [3.8, 4) is 0 Å². The van der Waals surface area contributed by atoms with Crippen LogP contribution in [-0.4, -0.2) is 83.5 Å².